The Morgan fingerprint density at radius 1 is 1.20 bits per heavy atom. The van der Waals surface area contributed by atoms with E-state index in [-0.39, 0.29) is 23.9 Å². The number of nitrogens with one attached hydrogen (secondary N) is 1. The third-order valence-corrected chi connectivity index (χ3v) is 3.87. The molecule has 1 N–H and O–H groups in total. The zero-order valence-electron chi connectivity index (χ0n) is 13.8. The first kappa shape index (κ1) is 19.0. The minimum Gasteiger partial charge on any atom is -0.477 e. The lowest BCUT2D eigenvalue weighted by Crippen LogP contribution is -2.35. The standard InChI is InChI=1S/C17H17Cl2N3O3/c1-3-25-16-11(6-5-9-20-16)17(24)22(2)10-14(23)21-15-12(18)7-4-8-13(15)19/h4-9H,3,10H2,1-2H3,(H,21,23). The predicted octanol–water partition coefficient (Wildman–Crippen LogP) is 3.50. The molecule has 2 aromatic rings. The summed E-state index contributed by atoms with van der Waals surface area (Å²) in [6, 6.07) is 8.13. The topological polar surface area (TPSA) is 71.5 Å². The molecular weight excluding hydrogens is 365 g/mol. The molecule has 2 amide bonds. The highest BCUT2D eigenvalue weighted by atomic mass is 35.5. The molecular formula is C17H17Cl2N3O3. The van der Waals surface area contributed by atoms with Crippen molar-refractivity contribution in [2.24, 2.45) is 0 Å². The monoisotopic (exact) mass is 381 g/mol. The van der Waals surface area contributed by atoms with E-state index >= 15 is 0 Å². The van der Waals surface area contributed by atoms with Gasteiger partial charge in [-0.15, -0.1) is 0 Å². The molecule has 0 unspecified atom stereocenters. The molecule has 132 valence electrons. The molecule has 0 saturated heterocycles. The van der Waals surface area contributed by atoms with Gasteiger partial charge in [0.2, 0.25) is 11.8 Å². The Labute approximate surface area is 155 Å². The maximum Gasteiger partial charge on any atom is 0.259 e. The number of ether oxygens (including phenoxy) is 1. The number of benzene rings is 1. The van der Waals surface area contributed by atoms with Crippen molar-refractivity contribution in [1.82, 2.24) is 9.88 Å². The number of likely N-dealkylation sites (N-methyl/N-ethyl adjacent to an activating group) is 1. The van der Waals surface area contributed by atoms with E-state index in [9.17, 15) is 9.59 Å². The molecule has 0 aliphatic heterocycles. The summed E-state index contributed by atoms with van der Waals surface area (Å²) in [5.74, 6) is -0.568. The van der Waals surface area contributed by atoms with Crippen LogP contribution >= 0.6 is 23.2 Å². The van der Waals surface area contributed by atoms with Crippen molar-refractivity contribution in [2.75, 3.05) is 25.5 Å². The molecule has 0 saturated carbocycles. The van der Waals surface area contributed by atoms with Crippen LogP contribution in [0.15, 0.2) is 36.5 Å². The van der Waals surface area contributed by atoms with E-state index < -0.39 is 5.91 Å². The molecule has 6 nitrogen and oxygen atoms in total. The van der Waals surface area contributed by atoms with Crippen LogP contribution in [0.25, 0.3) is 0 Å². The Kier molecular flexibility index (Phi) is 6.61. The van der Waals surface area contributed by atoms with Crippen molar-refractivity contribution < 1.29 is 14.3 Å². The molecule has 0 fully saturated rings. The van der Waals surface area contributed by atoms with Gasteiger partial charge < -0.3 is 15.0 Å². The van der Waals surface area contributed by atoms with Crippen molar-refractivity contribution >= 4 is 40.7 Å². The molecule has 0 spiro atoms. The summed E-state index contributed by atoms with van der Waals surface area (Å²) in [4.78, 5) is 30.0. The fraction of sp³-hybridized carbons (Fsp3) is 0.235. The average molecular weight is 382 g/mol. The van der Waals surface area contributed by atoms with E-state index in [0.29, 0.717) is 22.3 Å². The van der Waals surface area contributed by atoms with Gasteiger partial charge in [-0.25, -0.2) is 4.98 Å². The van der Waals surface area contributed by atoms with E-state index in [1.807, 2.05) is 0 Å². The lowest BCUT2D eigenvalue weighted by molar-refractivity contribution is -0.116. The number of carbonyl (C=O) groups is 2. The van der Waals surface area contributed by atoms with Gasteiger partial charge in [0.05, 0.1) is 28.9 Å². The van der Waals surface area contributed by atoms with Crippen LogP contribution in [0.1, 0.15) is 17.3 Å². The van der Waals surface area contributed by atoms with Crippen molar-refractivity contribution in [3.8, 4) is 5.88 Å². The molecule has 0 radical (unpaired) electrons. The van der Waals surface area contributed by atoms with Crippen LogP contribution in [0.3, 0.4) is 0 Å². The lowest BCUT2D eigenvalue weighted by Gasteiger charge is -2.18. The molecule has 1 heterocycles. The number of halogens is 2. The highest BCUT2D eigenvalue weighted by Gasteiger charge is 2.20. The van der Waals surface area contributed by atoms with E-state index in [1.165, 1.54) is 18.1 Å². The largest absolute Gasteiger partial charge is 0.477 e. The number of carbonyl (C=O) groups excluding carboxylic acids is 2. The summed E-state index contributed by atoms with van der Waals surface area (Å²) in [5, 5.41) is 3.25. The maximum absolute atomic E-state index is 12.5. The Balaban J connectivity index is 2.07. The quantitative estimate of drug-likeness (QED) is 0.830. The Morgan fingerprint density at radius 3 is 2.52 bits per heavy atom. The molecule has 0 aliphatic carbocycles. The number of hydrogen-bond donors (Lipinski definition) is 1. The number of pyridine rings is 1. The van der Waals surface area contributed by atoms with Crippen LogP contribution < -0.4 is 10.1 Å². The fourth-order valence-electron chi connectivity index (χ4n) is 2.09. The fourth-order valence-corrected chi connectivity index (χ4v) is 2.59. The first-order chi connectivity index (χ1) is 11.9. The Morgan fingerprint density at radius 2 is 1.88 bits per heavy atom. The second kappa shape index (κ2) is 8.69. The van der Waals surface area contributed by atoms with Gasteiger partial charge in [0.25, 0.3) is 5.91 Å². The first-order valence-electron chi connectivity index (χ1n) is 7.51. The van der Waals surface area contributed by atoms with Crippen LogP contribution in [0.4, 0.5) is 5.69 Å². The number of amides is 2. The van der Waals surface area contributed by atoms with E-state index in [1.54, 1.807) is 37.3 Å². The Bertz CT molecular complexity index is 763. The minimum atomic E-state index is -0.423. The summed E-state index contributed by atoms with van der Waals surface area (Å²) < 4.78 is 5.35. The van der Waals surface area contributed by atoms with E-state index in [0.717, 1.165) is 0 Å². The highest BCUT2D eigenvalue weighted by molar-refractivity contribution is 6.39. The average Bonchev–Trinajstić information content (AvgIpc) is 2.58. The van der Waals surface area contributed by atoms with E-state index in [4.69, 9.17) is 27.9 Å². The number of anilines is 1. The number of hydrogen-bond acceptors (Lipinski definition) is 4. The van der Waals surface area contributed by atoms with Gasteiger partial charge in [-0.1, -0.05) is 29.3 Å². The van der Waals surface area contributed by atoms with Crippen LogP contribution in [0.2, 0.25) is 10.0 Å². The Hall–Kier alpha value is -2.31. The number of aromatic nitrogens is 1. The van der Waals surface area contributed by atoms with Crippen molar-refractivity contribution in [1.29, 1.82) is 0 Å². The van der Waals surface area contributed by atoms with Crippen LogP contribution in [0, 0.1) is 0 Å². The van der Waals surface area contributed by atoms with Gasteiger partial charge in [-0.2, -0.15) is 0 Å². The summed E-state index contributed by atoms with van der Waals surface area (Å²) in [6.07, 6.45) is 1.54. The number of nitrogens with zero attached hydrogens (tertiary/aromatic N) is 2. The normalized spacial score (nSPS) is 10.2. The zero-order valence-corrected chi connectivity index (χ0v) is 15.3. The van der Waals surface area contributed by atoms with Crippen molar-refractivity contribution in [2.45, 2.75) is 6.92 Å². The van der Waals surface area contributed by atoms with Gasteiger partial charge in [-0.3, -0.25) is 9.59 Å². The van der Waals surface area contributed by atoms with Gasteiger partial charge in [0.1, 0.15) is 5.56 Å². The van der Waals surface area contributed by atoms with Gasteiger partial charge >= 0.3 is 0 Å². The molecule has 8 heteroatoms. The smallest absolute Gasteiger partial charge is 0.259 e. The van der Waals surface area contributed by atoms with Gasteiger partial charge in [0, 0.05) is 13.2 Å². The predicted molar refractivity (Wildman–Crippen MR) is 97.5 cm³/mol. The maximum atomic E-state index is 12.5. The van der Waals surface area contributed by atoms with Crippen LogP contribution in [0.5, 0.6) is 5.88 Å². The molecule has 25 heavy (non-hydrogen) atoms. The van der Waals surface area contributed by atoms with Gasteiger partial charge in [0.15, 0.2) is 0 Å². The molecule has 2 rings (SSSR count). The van der Waals surface area contributed by atoms with Crippen molar-refractivity contribution in [3.63, 3.8) is 0 Å². The lowest BCUT2D eigenvalue weighted by atomic mass is 10.2. The van der Waals surface area contributed by atoms with Crippen LogP contribution in [-0.2, 0) is 4.79 Å². The molecule has 1 aromatic heterocycles. The summed E-state index contributed by atoms with van der Waals surface area (Å²) in [5.41, 5.74) is 0.600. The second-order valence-electron chi connectivity index (χ2n) is 5.10. The first-order valence-corrected chi connectivity index (χ1v) is 8.26. The summed E-state index contributed by atoms with van der Waals surface area (Å²) in [7, 11) is 1.51. The third kappa shape index (κ3) is 4.84. The van der Waals surface area contributed by atoms with Crippen LogP contribution in [-0.4, -0.2) is 41.9 Å². The molecule has 0 aliphatic rings. The molecule has 1 aromatic carbocycles. The SMILES string of the molecule is CCOc1ncccc1C(=O)N(C)CC(=O)Nc1c(Cl)cccc1Cl. The second-order valence-corrected chi connectivity index (χ2v) is 5.91. The highest BCUT2D eigenvalue weighted by Crippen LogP contribution is 2.29. The minimum absolute atomic E-state index is 0.180. The number of rotatable bonds is 6. The summed E-state index contributed by atoms with van der Waals surface area (Å²) in [6.45, 7) is 2.00. The number of para-hydroxylation sites is 1. The molecule has 0 atom stereocenters. The zero-order chi connectivity index (χ0) is 18.4. The van der Waals surface area contributed by atoms with Crippen molar-refractivity contribution in [3.05, 3.63) is 52.1 Å². The molecule has 0 bridgehead atoms. The van der Waals surface area contributed by atoms with Gasteiger partial charge in [-0.05, 0) is 31.2 Å². The third-order valence-electron chi connectivity index (χ3n) is 3.24. The summed E-state index contributed by atoms with van der Waals surface area (Å²) >= 11 is 12.0. The van der Waals surface area contributed by atoms with E-state index in [2.05, 4.69) is 10.3 Å².